The molecule has 2 fully saturated rings. The first kappa shape index (κ1) is 6.35. The highest BCUT2D eigenvalue weighted by Gasteiger charge is 2.39. The number of rotatable bonds is 0. The number of ketones is 1. The summed E-state index contributed by atoms with van der Waals surface area (Å²) < 4.78 is 0. The van der Waals surface area contributed by atoms with Crippen molar-refractivity contribution in [3.05, 3.63) is 0 Å². The number of aliphatic hydroxyl groups excluding tert-OH is 1. The van der Waals surface area contributed by atoms with Crippen LogP contribution in [-0.4, -0.2) is 17.0 Å². The van der Waals surface area contributed by atoms with Crippen LogP contribution in [0.3, 0.4) is 0 Å². The monoisotopic (exact) mass is 140 g/mol. The Morgan fingerprint density at radius 2 is 2.10 bits per heavy atom. The lowest BCUT2D eigenvalue weighted by Crippen LogP contribution is -2.31. The molecule has 2 aliphatic rings. The Labute approximate surface area is 60.2 Å². The van der Waals surface area contributed by atoms with Crippen LogP contribution in [0.15, 0.2) is 0 Å². The van der Waals surface area contributed by atoms with Gasteiger partial charge in [-0.3, -0.25) is 4.79 Å². The second-order valence-electron chi connectivity index (χ2n) is 3.53. The molecule has 56 valence electrons. The fourth-order valence-corrected chi connectivity index (χ4v) is 2.25. The molecule has 1 N–H and O–H groups in total. The minimum absolute atomic E-state index is 0.105. The quantitative estimate of drug-likeness (QED) is 0.538. The van der Waals surface area contributed by atoms with Gasteiger partial charge in [-0.25, -0.2) is 0 Å². The molecule has 2 bridgehead atoms. The highest BCUT2D eigenvalue weighted by atomic mass is 16.3. The molecule has 2 aliphatic carbocycles. The Hall–Kier alpha value is -0.370. The summed E-state index contributed by atoms with van der Waals surface area (Å²) in [7, 11) is 0. The van der Waals surface area contributed by atoms with E-state index in [0.717, 1.165) is 25.7 Å². The fraction of sp³-hybridized carbons (Fsp3) is 0.875. The van der Waals surface area contributed by atoms with Crippen LogP contribution >= 0.6 is 0 Å². The van der Waals surface area contributed by atoms with E-state index in [9.17, 15) is 9.90 Å². The zero-order chi connectivity index (χ0) is 7.14. The summed E-state index contributed by atoms with van der Waals surface area (Å²) in [6, 6.07) is 0. The molecule has 0 aromatic heterocycles. The van der Waals surface area contributed by atoms with E-state index in [2.05, 4.69) is 0 Å². The topological polar surface area (TPSA) is 37.3 Å². The van der Waals surface area contributed by atoms with E-state index >= 15 is 0 Å². The van der Waals surface area contributed by atoms with Gasteiger partial charge in [0.15, 0.2) is 5.78 Å². The summed E-state index contributed by atoms with van der Waals surface area (Å²) in [5.41, 5.74) is 0. The third-order valence-corrected chi connectivity index (χ3v) is 2.83. The van der Waals surface area contributed by atoms with Crippen molar-refractivity contribution in [2.24, 2.45) is 11.8 Å². The molecule has 3 atom stereocenters. The summed E-state index contributed by atoms with van der Waals surface area (Å²) in [6.45, 7) is 0. The fourth-order valence-electron chi connectivity index (χ4n) is 2.25. The van der Waals surface area contributed by atoms with Crippen LogP contribution in [0, 0.1) is 11.8 Å². The van der Waals surface area contributed by atoms with Crippen LogP contribution in [0.1, 0.15) is 25.7 Å². The lowest BCUT2D eigenvalue weighted by Gasteiger charge is -2.21. The molecule has 0 aromatic rings. The van der Waals surface area contributed by atoms with Crippen molar-refractivity contribution in [2.45, 2.75) is 31.8 Å². The first-order chi connectivity index (χ1) is 4.77. The maximum absolute atomic E-state index is 11.1. The van der Waals surface area contributed by atoms with Gasteiger partial charge in [0.05, 0.1) is 0 Å². The van der Waals surface area contributed by atoms with Gasteiger partial charge < -0.3 is 5.11 Å². The standard InChI is InChI=1S/C8H12O2/c9-7-4-5-1-2-6(3-5)8(7)10/h5-7,9H,1-4H2. The Morgan fingerprint density at radius 3 is 2.90 bits per heavy atom. The smallest absolute Gasteiger partial charge is 0.164 e. The summed E-state index contributed by atoms with van der Waals surface area (Å²) in [6.07, 6.45) is 3.35. The van der Waals surface area contributed by atoms with Gasteiger partial charge in [0, 0.05) is 5.92 Å². The third-order valence-electron chi connectivity index (χ3n) is 2.83. The van der Waals surface area contributed by atoms with Crippen molar-refractivity contribution >= 4 is 5.78 Å². The van der Waals surface area contributed by atoms with E-state index in [4.69, 9.17) is 0 Å². The van der Waals surface area contributed by atoms with Crippen molar-refractivity contribution in [1.82, 2.24) is 0 Å². The zero-order valence-electron chi connectivity index (χ0n) is 5.92. The Balaban J connectivity index is 2.17. The molecule has 2 rings (SSSR count). The zero-order valence-corrected chi connectivity index (χ0v) is 5.92. The number of carbonyl (C=O) groups excluding carboxylic acids is 1. The van der Waals surface area contributed by atoms with E-state index < -0.39 is 6.10 Å². The van der Waals surface area contributed by atoms with E-state index in [0.29, 0.717) is 5.92 Å². The molecule has 0 amide bonds. The van der Waals surface area contributed by atoms with Gasteiger partial charge >= 0.3 is 0 Å². The highest BCUT2D eigenvalue weighted by molar-refractivity contribution is 5.86. The maximum Gasteiger partial charge on any atom is 0.164 e. The minimum atomic E-state index is -0.619. The largest absolute Gasteiger partial charge is 0.385 e. The molecule has 3 unspecified atom stereocenters. The van der Waals surface area contributed by atoms with Gasteiger partial charge in [0.2, 0.25) is 0 Å². The van der Waals surface area contributed by atoms with E-state index in [1.165, 1.54) is 0 Å². The van der Waals surface area contributed by atoms with E-state index in [-0.39, 0.29) is 11.7 Å². The van der Waals surface area contributed by atoms with Crippen molar-refractivity contribution in [1.29, 1.82) is 0 Å². The third kappa shape index (κ3) is 0.788. The Bertz CT molecular complexity index is 165. The van der Waals surface area contributed by atoms with E-state index in [1.54, 1.807) is 0 Å². The van der Waals surface area contributed by atoms with Gasteiger partial charge in [0.1, 0.15) is 6.10 Å². The van der Waals surface area contributed by atoms with Gasteiger partial charge in [-0.05, 0) is 31.6 Å². The van der Waals surface area contributed by atoms with Gasteiger partial charge in [-0.2, -0.15) is 0 Å². The summed E-state index contributed by atoms with van der Waals surface area (Å²) in [5, 5.41) is 9.21. The first-order valence-electron chi connectivity index (χ1n) is 3.99. The molecule has 0 heterocycles. The molecule has 0 saturated heterocycles. The highest BCUT2D eigenvalue weighted by Crippen LogP contribution is 2.39. The Morgan fingerprint density at radius 1 is 1.30 bits per heavy atom. The summed E-state index contributed by atoms with van der Waals surface area (Å²) in [4.78, 5) is 11.1. The minimum Gasteiger partial charge on any atom is -0.385 e. The number of hydrogen-bond donors (Lipinski definition) is 1. The Kier molecular flexibility index (Phi) is 1.31. The normalized spacial score (nSPS) is 46.1. The number of carbonyl (C=O) groups is 1. The molecule has 10 heavy (non-hydrogen) atoms. The molecule has 0 spiro atoms. The number of Topliss-reactive ketones (excluding diaryl/α,β-unsaturated/α-hetero) is 1. The van der Waals surface area contributed by atoms with Crippen molar-refractivity contribution in [2.75, 3.05) is 0 Å². The lowest BCUT2D eigenvalue weighted by molar-refractivity contribution is -0.133. The van der Waals surface area contributed by atoms with Crippen LogP contribution in [0.25, 0.3) is 0 Å². The summed E-state index contributed by atoms with van der Waals surface area (Å²) in [5.74, 6) is 0.972. The number of hydrogen-bond acceptors (Lipinski definition) is 2. The van der Waals surface area contributed by atoms with Crippen LogP contribution in [0.2, 0.25) is 0 Å². The maximum atomic E-state index is 11.1. The van der Waals surface area contributed by atoms with Gasteiger partial charge in [0.25, 0.3) is 0 Å². The van der Waals surface area contributed by atoms with Crippen molar-refractivity contribution in [3.63, 3.8) is 0 Å². The second-order valence-corrected chi connectivity index (χ2v) is 3.53. The molecule has 2 nitrogen and oxygen atoms in total. The molecule has 2 saturated carbocycles. The van der Waals surface area contributed by atoms with Crippen LogP contribution in [-0.2, 0) is 4.79 Å². The lowest BCUT2D eigenvalue weighted by atomic mass is 9.86. The van der Waals surface area contributed by atoms with Crippen LogP contribution in [0.5, 0.6) is 0 Å². The first-order valence-corrected chi connectivity index (χ1v) is 3.99. The summed E-state index contributed by atoms with van der Waals surface area (Å²) >= 11 is 0. The second kappa shape index (κ2) is 2.06. The van der Waals surface area contributed by atoms with Crippen molar-refractivity contribution < 1.29 is 9.90 Å². The molecule has 0 radical (unpaired) electrons. The molecule has 0 aliphatic heterocycles. The molecule has 2 heteroatoms. The van der Waals surface area contributed by atoms with Crippen LogP contribution in [0.4, 0.5) is 0 Å². The average Bonchev–Trinajstić information content (AvgIpc) is 2.29. The number of aliphatic hydroxyl groups is 1. The average molecular weight is 140 g/mol. The molecular formula is C8H12O2. The van der Waals surface area contributed by atoms with E-state index in [1.807, 2.05) is 0 Å². The van der Waals surface area contributed by atoms with Crippen LogP contribution < -0.4 is 0 Å². The predicted molar refractivity (Wildman–Crippen MR) is 36.5 cm³/mol. The van der Waals surface area contributed by atoms with Gasteiger partial charge in [-0.15, -0.1) is 0 Å². The molecular weight excluding hydrogens is 128 g/mol. The predicted octanol–water partition coefficient (Wildman–Crippen LogP) is 0.736. The number of fused-ring (bicyclic) bond motifs is 2. The molecule has 0 aromatic carbocycles. The van der Waals surface area contributed by atoms with Crippen molar-refractivity contribution in [3.8, 4) is 0 Å². The SMILES string of the molecule is O=C1C(O)CC2CCC1C2. The van der Waals surface area contributed by atoms with Gasteiger partial charge in [-0.1, -0.05) is 0 Å².